The second-order valence-corrected chi connectivity index (χ2v) is 4.56. The molecule has 0 amide bonds. The zero-order valence-corrected chi connectivity index (χ0v) is 9.88. The van der Waals surface area contributed by atoms with Crippen molar-refractivity contribution < 1.29 is 9.13 Å². The Balaban J connectivity index is 2.84. The molecule has 0 fully saturated rings. The highest BCUT2D eigenvalue weighted by Gasteiger charge is 2.05. The fourth-order valence-electron chi connectivity index (χ4n) is 1.55. The molecule has 0 unspecified atom stereocenters. The third-order valence-electron chi connectivity index (χ3n) is 1.95. The lowest BCUT2D eigenvalue weighted by atomic mass is 10.0. The molecule has 0 N–H and O–H groups in total. The van der Waals surface area contributed by atoms with Crippen molar-refractivity contribution in [2.75, 3.05) is 0 Å². The molecular formula is C13H19FO. The molecular weight excluding hydrogens is 191 g/mol. The first-order valence-corrected chi connectivity index (χ1v) is 5.43. The third-order valence-corrected chi connectivity index (χ3v) is 1.95. The first-order chi connectivity index (χ1) is 6.97. The fourth-order valence-corrected chi connectivity index (χ4v) is 1.55. The van der Waals surface area contributed by atoms with Gasteiger partial charge in [-0.2, -0.15) is 0 Å². The van der Waals surface area contributed by atoms with Crippen LogP contribution < -0.4 is 4.74 Å². The van der Waals surface area contributed by atoms with E-state index in [2.05, 4.69) is 13.8 Å². The molecule has 0 aliphatic heterocycles. The summed E-state index contributed by atoms with van der Waals surface area (Å²) in [6, 6.07) is 4.93. The van der Waals surface area contributed by atoms with Gasteiger partial charge in [0.15, 0.2) is 0 Å². The summed E-state index contributed by atoms with van der Waals surface area (Å²) < 4.78 is 18.7. The van der Waals surface area contributed by atoms with E-state index in [4.69, 9.17) is 4.74 Å². The van der Waals surface area contributed by atoms with Crippen LogP contribution in [0.5, 0.6) is 5.75 Å². The van der Waals surface area contributed by atoms with Gasteiger partial charge in [0.25, 0.3) is 0 Å². The van der Waals surface area contributed by atoms with Crippen LogP contribution in [0.2, 0.25) is 0 Å². The number of hydrogen-bond donors (Lipinski definition) is 0. The van der Waals surface area contributed by atoms with Crippen molar-refractivity contribution in [3.63, 3.8) is 0 Å². The van der Waals surface area contributed by atoms with Gasteiger partial charge < -0.3 is 4.74 Å². The molecule has 0 heterocycles. The van der Waals surface area contributed by atoms with Crippen LogP contribution in [-0.4, -0.2) is 6.10 Å². The van der Waals surface area contributed by atoms with Crippen LogP contribution in [0.15, 0.2) is 18.2 Å². The van der Waals surface area contributed by atoms with Crippen molar-refractivity contribution in [1.82, 2.24) is 0 Å². The number of ether oxygens (including phenoxy) is 1. The summed E-state index contributed by atoms with van der Waals surface area (Å²) in [5.41, 5.74) is 1.00. The molecule has 1 nitrogen and oxygen atoms in total. The Morgan fingerprint density at radius 3 is 2.33 bits per heavy atom. The Morgan fingerprint density at radius 2 is 1.80 bits per heavy atom. The summed E-state index contributed by atoms with van der Waals surface area (Å²) in [6.07, 6.45) is 0.963. The number of hydrogen-bond acceptors (Lipinski definition) is 1. The second kappa shape index (κ2) is 5.15. The number of benzene rings is 1. The summed E-state index contributed by atoms with van der Waals surface area (Å²) in [5.74, 6) is 0.933. The average Bonchev–Trinajstić information content (AvgIpc) is 1.98. The maximum absolute atomic E-state index is 13.2. The minimum Gasteiger partial charge on any atom is -0.491 e. The van der Waals surface area contributed by atoms with Crippen molar-refractivity contribution in [1.29, 1.82) is 0 Å². The Labute approximate surface area is 91.3 Å². The van der Waals surface area contributed by atoms with Crippen molar-refractivity contribution in [2.24, 2.45) is 5.92 Å². The molecule has 1 aromatic carbocycles. The molecule has 0 atom stereocenters. The highest BCUT2D eigenvalue weighted by Crippen LogP contribution is 2.19. The highest BCUT2D eigenvalue weighted by molar-refractivity contribution is 5.30. The lowest BCUT2D eigenvalue weighted by Crippen LogP contribution is -2.06. The topological polar surface area (TPSA) is 9.23 Å². The van der Waals surface area contributed by atoms with Gasteiger partial charge in [-0.25, -0.2) is 4.39 Å². The molecule has 0 saturated heterocycles. The van der Waals surface area contributed by atoms with E-state index in [-0.39, 0.29) is 11.9 Å². The fraction of sp³-hybridized carbons (Fsp3) is 0.538. The van der Waals surface area contributed by atoms with E-state index < -0.39 is 0 Å². The van der Waals surface area contributed by atoms with Gasteiger partial charge in [0, 0.05) is 6.07 Å². The van der Waals surface area contributed by atoms with Crippen LogP contribution in [0.25, 0.3) is 0 Å². The minimum absolute atomic E-state index is 0.0821. The Bertz CT molecular complexity index is 290. The zero-order chi connectivity index (χ0) is 11.4. The van der Waals surface area contributed by atoms with Gasteiger partial charge in [-0.1, -0.05) is 13.8 Å². The Hall–Kier alpha value is -1.05. The van der Waals surface area contributed by atoms with Crippen LogP contribution in [0.4, 0.5) is 4.39 Å². The van der Waals surface area contributed by atoms with Crippen molar-refractivity contribution in [3.8, 4) is 5.75 Å². The van der Waals surface area contributed by atoms with Crippen LogP contribution in [0.1, 0.15) is 33.3 Å². The maximum atomic E-state index is 13.2. The zero-order valence-electron chi connectivity index (χ0n) is 9.88. The minimum atomic E-state index is -0.219. The molecule has 0 spiro atoms. The predicted molar refractivity (Wildman–Crippen MR) is 60.7 cm³/mol. The molecule has 2 heteroatoms. The molecule has 84 valence electrons. The summed E-state index contributed by atoms with van der Waals surface area (Å²) in [4.78, 5) is 0. The SMILES string of the molecule is CC(C)Cc1cc(F)cc(OC(C)C)c1. The van der Waals surface area contributed by atoms with Crippen molar-refractivity contribution >= 4 is 0 Å². The molecule has 0 aliphatic carbocycles. The normalized spacial score (nSPS) is 11.1. The van der Waals surface area contributed by atoms with E-state index in [0.29, 0.717) is 11.7 Å². The molecule has 1 aromatic rings. The van der Waals surface area contributed by atoms with Gasteiger partial charge in [0.05, 0.1) is 6.10 Å². The van der Waals surface area contributed by atoms with E-state index in [1.807, 2.05) is 19.9 Å². The van der Waals surface area contributed by atoms with E-state index in [0.717, 1.165) is 12.0 Å². The van der Waals surface area contributed by atoms with E-state index in [1.165, 1.54) is 6.07 Å². The standard InChI is InChI=1S/C13H19FO/c1-9(2)5-11-6-12(14)8-13(7-11)15-10(3)4/h6-10H,5H2,1-4H3. The summed E-state index contributed by atoms with van der Waals surface area (Å²) >= 11 is 0. The van der Waals surface area contributed by atoms with E-state index in [9.17, 15) is 4.39 Å². The van der Waals surface area contributed by atoms with Gasteiger partial charge in [-0.05, 0) is 43.9 Å². The molecule has 0 aromatic heterocycles. The molecule has 0 saturated carbocycles. The second-order valence-electron chi connectivity index (χ2n) is 4.56. The largest absolute Gasteiger partial charge is 0.491 e. The van der Waals surface area contributed by atoms with Crippen LogP contribution in [0.3, 0.4) is 0 Å². The van der Waals surface area contributed by atoms with Gasteiger partial charge in [0.2, 0.25) is 0 Å². The van der Waals surface area contributed by atoms with Crippen LogP contribution in [-0.2, 0) is 6.42 Å². The summed E-state index contributed by atoms with van der Waals surface area (Å²) in [5, 5.41) is 0. The Kier molecular flexibility index (Phi) is 4.13. The average molecular weight is 210 g/mol. The quantitative estimate of drug-likeness (QED) is 0.734. The number of rotatable bonds is 4. The molecule has 0 bridgehead atoms. The van der Waals surface area contributed by atoms with E-state index in [1.54, 1.807) is 6.07 Å². The van der Waals surface area contributed by atoms with Crippen LogP contribution >= 0.6 is 0 Å². The smallest absolute Gasteiger partial charge is 0.127 e. The molecule has 1 rings (SSSR count). The first-order valence-electron chi connectivity index (χ1n) is 5.43. The van der Waals surface area contributed by atoms with E-state index >= 15 is 0 Å². The van der Waals surface area contributed by atoms with Gasteiger partial charge in [0.1, 0.15) is 11.6 Å². The summed E-state index contributed by atoms with van der Waals surface area (Å²) in [6.45, 7) is 8.11. The highest BCUT2D eigenvalue weighted by atomic mass is 19.1. The van der Waals surface area contributed by atoms with Crippen molar-refractivity contribution in [2.45, 2.75) is 40.2 Å². The lowest BCUT2D eigenvalue weighted by Gasteiger charge is -2.12. The summed E-state index contributed by atoms with van der Waals surface area (Å²) in [7, 11) is 0. The van der Waals surface area contributed by atoms with Gasteiger partial charge >= 0.3 is 0 Å². The predicted octanol–water partition coefficient (Wildman–Crippen LogP) is 3.81. The number of halogens is 1. The molecule has 0 radical (unpaired) electrons. The van der Waals surface area contributed by atoms with Gasteiger partial charge in [-0.15, -0.1) is 0 Å². The van der Waals surface area contributed by atoms with Gasteiger partial charge in [-0.3, -0.25) is 0 Å². The lowest BCUT2D eigenvalue weighted by molar-refractivity contribution is 0.241. The molecule has 0 aliphatic rings. The third kappa shape index (κ3) is 4.32. The monoisotopic (exact) mass is 210 g/mol. The maximum Gasteiger partial charge on any atom is 0.127 e. The Morgan fingerprint density at radius 1 is 1.13 bits per heavy atom. The molecule has 15 heavy (non-hydrogen) atoms. The first kappa shape index (κ1) is 12.0. The van der Waals surface area contributed by atoms with Crippen LogP contribution in [0, 0.1) is 11.7 Å². The van der Waals surface area contributed by atoms with Crippen molar-refractivity contribution in [3.05, 3.63) is 29.6 Å².